The van der Waals surface area contributed by atoms with Crippen molar-refractivity contribution < 1.29 is 17.9 Å². The van der Waals surface area contributed by atoms with E-state index in [2.05, 4.69) is 9.46 Å². The van der Waals surface area contributed by atoms with E-state index in [4.69, 9.17) is 0 Å². The van der Waals surface area contributed by atoms with Gasteiger partial charge < -0.3 is 4.74 Å². The molecule has 0 bridgehead atoms. The van der Waals surface area contributed by atoms with Crippen LogP contribution in [-0.2, 0) is 21.5 Å². The van der Waals surface area contributed by atoms with Crippen LogP contribution in [0.4, 0.5) is 0 Å². The molecule has 116 valence electrons. The lowest BCUT2D eigenvalue weighted by molar-refractivity contribution is 0.0600. The van der Waals surface area contributed by atoms with Crippen molar-refractivity contribution in [2.24, 2.45) is 0 Å². The van der Waals surface area contributed by atoms with E-state index < -0.39 is 16.2 Å². The minimum atomic E-state index is -3.45. The normalized spacial score (nSPS) is 19.6. The van der Waals surface area contributed by atoms with Crippen molar-refractivity contribution in [3.05, 3.63) is 35.4 Å². The second-order valence-corrected chi connectivity index (χ2v) is 6.82. The Balaban J connectivity index is 1.98. The molecular weight excluding hydrogens is 292 g/mol. The summed E-state index contributed by atoms with van der Waals surface area (Å²) in [5.41, 5.74) is 1.23. The summed E-state index contributed by atoms with van der Waals surface area (Å²) in [6.07, 6.45) is 1.80. The molecule has 1 aliphatic heterocycles. The van der Waals surface area contributed by atoms with E-state index in [0.29, 0.717) is 12.1 Å². The summed E-state index contributed by atoms with van der Waals surface area (Å²) < 4.78 is 33.1. The van der Waals surface area contributed by atoms with E-state index in [0.717, 1.165) is 18.4 Å². The first-order chi connectivity index (χ1) is 9.94. The van der Waals surface area contributed by atoms with Gasteiger partial charge in [-0.2, -0.15) is 17.4 Å². The van der Waals surface area contributed by atoms with Gasteiger partial charge in [0.25, 0.3) is 10.2 Å². The molecule has 1 heterocycles. The van der Waals surface area contributed by atoms with Crippen LogP contribution in [0.15, 0.2) is 24.3 Å². The maximum absolute atomic E-state index is 12.2. The maximum Gasteiger partial charge on any atom is 0.337 e. The van der Waals surface area contributed by atoms with E-state index in [-0.39, 0.29) is 12.6 Å². The summed E-state index contributed by atoms with van der Waals surface area (Å²) in [4.78, 5) is 11.3. The fraction of sp³-hybridized carbons (Fsp3) is 0.500. The van der Waals surface area contributed by atoms with Crippen LogP contribution >= 0.6 is 0 Å². The highest BCUT2D eigenvalue weighted by Crippen LogP contribution is 2.19. The Labute approximate surface area is 125 Å². The van der Waals surface area contributed by atoms with Crippen LogP contribution in [0.2, 0.25) is 0 Å². The lowest BCUT2D eigenvalue weighted by Gasteiger charge is -2.21. The van der Waals surface area contributed by atoms with Crippen molar-refractivity contribution >= 4 is 16.2 Å². The molecule has 1 N–H and O–H groups in total. The number of esters is 1. The van der Waals surface area contributed by atoms with Crippen molar-refractivity contribution in [2.45, 2.75) is 32.4 Å². The van der Waals surface area contributed by atoms with E-state index in [9.17, 15) is 13.2 Å². The highest BCUT2D eigenvalue weighted by Gasteiger charge is 2.30. The zero-order valence-electron chi connectivity index (χ0n) is 12.2. The molecule has 1 unspecified atom stereocenters. The summed E-state index contributed by atoms with van der Waals surface area (Å²) in [7, 11) is -2.13. The number of carbonyl (C=O) groups excluding carboxylic acids is 1. The average Bonchev–Trinajstić information content (AvgIpc) is 2.92. The summed E-state index contributed by atoms with van der Waals surface area (Å²) in [6, 6.07) is 6.70. The zero-order chi connectivity index (χ0) is 15.5. The fourth-order valence-corrected chi connectivity index (χ4v) is 3.86. The monoisotopic (exact) mass is 312 g/mol. The summed E-state index contributed by atoms with van der Waals surface area (Å²) in [5, 5.41) is 0. The van der Waals surface area contributed by atoms with Gasteiger partial charge in [0.1, 0.15) is 0 Å². The molecule has 0 saturated carbocycles. The van der Waals surface area contributed by atoms with Crippen LogP contribution in [0, 0.1) is 0 Å². The van der Waals surface area contributed by atoms with Crippen LogP contribution in [-0.4, -0.2) is 38.4 Å². The van der Waals surface area contributed by atoms with Crippen LogP contribution < -0.4 is 4.72 Å². The van der Waals surface area contributed by atoms with Gasteiger partial charge in [0.05, 0.1) is 12.7 Å². The Hall–Kier alpha value is -1.44. The number of methoxy groups -OCH3 is 1. The fourth-order valence-electron chi connectivity index (χ4n) is 2.40. The number of carbonyl (C=O) groups is 1. The third kappa shape index (κ3) is 3.81. The molecule has 1 saturated heterocycles. The van der Waals surface area contributed by atoms with Gasteiger partial charge in [0.15, 0.2) is 0 Å². The third-order valence-electron chi connectivity index (χ3n) is 3.63. The van der Waals surface area contributed by atoms with Gasteiger partial charge in [0.2, 0.25) is 0 Å². The highest BCUT2D eigenvalue weighted by atomic mass is 32.2. The average molecular weight is 312 g/mol. The molecule has 0 aliphatic carbocycles. The molecule has 0 radical (unpaired) electrons. The number of benzene rings is 1. The zero-order valence-corrected chi connectivity index (χ0v) is 13.0. The van der Waals surface area contributed by atoms with Crippen LogP contribution in [0.25, 0.3) is 0 Å². The van der Waals surface area contributed by atoms with E-state index in [1.165, 1.54) is 11.4 Å². The summed E-state index contributed by atoms with van der Waals surface area (Å²) in [6.45, 7) is 2.68. The predicted octanol–water partition coefficient (Wildman–Crippen LogP) is 1.29. The van der Waals surface area contributed by atoms with Gasteiger partial charge in [-0.25, -0.2) is 4.79 Å². The molecule has 2 rings (SSSR count). The van der Waals surface area contributed by atoms with Gasteiger partial charge in [-0.3, -0.25) is 0 Å². The Kier molecular flexibility index (Phi) is 4.97. The number of hydrogen-bond acceptors (Lipinski definition) is 4. The van der Waals surface area contributed by atoms with Crippen LogP contribution in [0.5, 0.6) is 0 Å². The van der Waals surface area contributed by atoms with Gasteiger partial charge in [0, 0.05) is 19.1 Å². The molecule has 7 heteroatoms. The molecule has 0 aromatic heterocycles. The maximum atomic E-state index is 12.2. The molecule has 1 atom stereocenters. The molecule has 0 spiro atoms. The van der Waals surface area contributed by atoms with E-state index >= 15 is 0 Å². The standard InChI is InChI=1S/C14H20N2O4S/c1-11-4-3-9-16(11)21(18,19)15-10-12-5-7-13(8-6-12)14(17)20-2/h5-8,11,15H,3-4,9-10H2,1-2H3. The lowest BCUT2D eigenvalue weighted by atomic mass is 10.1. The quantitative estimate of drug-likeness (QED) is 0.831. The van der Waals surface area contributed by atoms with Gasteiger partial charge >= 0.3 is 5.97 Å². The summed E-state index contributed by atoms with van der Waals surface area (Å²) >= 11 is 0. The molecule has 21 heavy (non-hydrogen) atoms. The van der Waals surface area contributed by atoms with Crippen molar-refractivity contribution in [2.75, 3.05) is 13.7 Å². The smallest absolute Gasteiger partial charge is 0.337 e. The van der Waals surface area contributed by atoms with Crippen LogP contribution in [0.3, 0.4) is 0 Å². The SMILES string of the molecule is COC(=O)c1ccc(CNS(=O)(=O)N2CCCC2C)cc1. The highest BCUT2D eigenvalue weighted by molar-refractivity contribution is 7.87. The number of nitrogens with zero attached hydrogens (tertiary/aromatic N) is 1. The largest absolute Gasteiger partial charge is 0.465 e. The molecule has 1 aromatic rings. The Morgan fingerprint density at radius 3 is 2.57 bits per heavy atom. The molecule has 0 amide bonds. The number of hydrogen-bond donors (Lipinski definition) is 1. The molecule has 1 fully saturated rings. The Morgan fingerprint density at radius 1 is 1.38 bits per heavy atom. The Morgan fingerprint density at radius 2 is 2.05 bits per heavy atom. The lowest BCUT2D eigenvalue weighted by Crippen LogP contribution is -2.42. The van der Waals surface area contributed by atoms with Crippen molar-refractivity contribution in [3.63, 3.8) is 0 Å². The summed E-state index contributed by atoms with van der Waals surface area (Å²) in [5.74, 6) is -0.409. The van der Waals surface area contributed by atoms with Crippen molar-refractivity contribution in [1.29, 1.82) is 0 Å². The Bertz CT molecular complexity index is 598. The van der Waals surface area contributed by atoms with Crippen LogP contribution in [0.1, 0.15) is 35.7 Å². The number of ether oxygens (including phenoxy) is 1. The topological polar surface area (TPSA) is 75.7 Å². The number of nitrogens with one attached hydrogen (secondary N) is 1. The minimum absolute atomic E-state index is 0.0456. The number of rotatable bonds is 5. The van der Waals surface area contributed by atoms with Crippen molar-refractivity contribution in [3.8, 4) is 0 Å². The first-order valence-electron chi connectivity index (χ1n) is 6.88. The van der Waals surface area contributed by atoms with E-state index in [1.54, 1.807) is 24.3 Å². The van der Waals surface area contributed by atoms with E-state index in [1.807, 2.05) is 6.92 Å². The molecular formula is C14H20N2O4S. The first-order valence-corrected chi connectivity index (χ1v) is 8.32. The predicted molar refractivity (Wildman–Crippen MR) is 78.9 cm³/mol. The molecule has 6 nitrogen and oxygen atoms in total. The first kappa shape index (κ1) is 15.9. The van der Waals surface area contributed by atoms with Gasteiger partial charge in [-0.1, -0.05) is 12.1 Å². The second-order valence-electron chi connectivity index (χ2n) is 5.12. The molecule has 1 aromatic carbocycles. The minimum Gasteiger partial charge on any atom is -0.465 e. The van der Waals surface area contributed by atoms with Crippen molar-refractivity contribution in [1.82, 2.24) is 9.03 Å². The van der Waals surface area contributed by atoms with Gasteiger partial charge in [-0.05, 0) is 37.5 Å². The third-order valence-corrected chi connectivity index (χ3v) is 5.30. The second kappa shape index (κ2) is 6.55. The molecule has 1 aliphatic rings. The van der Waals surface area contributed by atoms with Gasteiger partial charge in [-0.15, -0.1) is 0 Å².